The first-order valence-electron chi connectivity index (χ1n) is 9.99. The minimum atomic E-state index is -3.39. The molecular formula is C21H30IN5O2S2. The Hall–Kier alpha value is -1.63. The third-order valence-electron chi connectivity index (χ3n) is 4.66. The number of halogens is 1. The van der Waals surface area contributed by atoms with Crippen molar-refractivity contribution >= 4 is 62.2 Å². The molecule has 0 radical (unpaired) electrons. The number of guanidine groups is 1. The fourth-order valence-electron chi connectivity index (χ4n) is 3.05. The van der Waals surface area contributed by atoms with Gasteiger partial charge in [0.2, 0.25) is 0 Å². The lowest BCUT2D eigenvalue weighted by atomic mass is 10.2. The quantitative estimate of drug-likeness (QED) is 0.177. The molecule has 0 saturated heterocycles. The van der Waals surface area contributed by atoms with Gasteiger partial charge in [0.25, 0.3) is 10.0 Å². The molecule has 0 saturated carbocycles. The maximum absolute atomic E-state index is 12.2. The van der Waals surface area contributed by atoms with E-state index in [2.05, 4.69) is 56.7 Å². The largest absolute Gasteiger partial charge is 0.357 e. The minimum Gasteiger partial charge on any atom is -0.357 e. The van der Waals surface area contributed by atoms with E-state index in [9.17, 15) is 8.42 Å². The minimum absolute atomic E-state index is 0. The summed E-state index contributed by atoms with van der Waals surface area (Å²) in [6.45, 7) is 4.94. The zero-order valence-corrected chi connectivity index (χ0v) is 22.0. The topological polar surface area (TPSA) is 78.7 Å². The molecule has 170 valence electrons. The van der Waals surface area contributed by atoms with Crippen LogP contribution in [0.4, 0.5) is 0 Å². The maximum atomic E-state index is 12.2. The monoisotopic (exact) mass is 575 g/mol. The number of thiophene rings is 1. The van der Waals surface area contributed by atoms with Crippen LogP contribution < -0.4 is 10.6 Å². The number of hydrogen-bond donors (Lipinski definition) is 2. The summed E-state index contributed by atoms with van der Waals surface area (Å²) in [5.74, 6) is 0.736. The summed E-state index contributed by atoms with van der Waals surface area (Å²) in [5.41, 5.74) is 1.25. The molecule has 0 aliphatic rings. The number of aromatic nitrogens is 1. The average molecular weight is 576 g/mol. The highest BCUT2D eigenvalue weighted by atomic mass is 127. The first kappa shape index (κ1) is 25.6. The summed E-state index contributed by atoms with van der Waals surface area (Å²) in [5, 5.41) is 7.86. The lowest BCUT2D eigenvalue weighted by Gasteiger charge is -2.12. The predicted octanol–water partition coefficient (Wildman–Crippen LogP) is 3.72. The Morgan fingerprint density at radius 3 is 2.65 bits per heavy atom. The van der Waals surface area contributed by atoms with E-state index in [0.717, 1.165) is 36.9 Å². The number of para-hydroxylation sites is 1. The van der Waals surface area contributed by atoms with Crippen molar-refractivity contribution in [3.63, 3.8) is 0 Å². The summed E-state index contributed by atoms with van der Waals surface area (Å²) in [7, 11) is -0.313. The van der Waals surface area contributed by atoms with Crippen LogP contribution in [0.5, 0.6) is 0 Å². The summed E-state index contributed by atoms with van der Waals surface area (Å²) in [6.07, 6.45) is 3.09. The number of rotatable bonds is 9. The second-order valence-corrected chi connectivity index (χ2v) is 10.6. The Morgan fingerprint density at radius 2 is 1.90 bits per heavy atom. The van der Waals surface area contributed by atoms with E-state index in [1.807, 2.05) is 13.0 Å². The van der Waals surface area contributed by atoms with Gasteiger partial charge in [0.1, 0.15) is 4.21 Å². The number of nitrogens with zero attached hydrogens (tertiary/aromatic N) is 3. The maximum Gasteiger partial charge on any atom is 0.252 e. The molecule has 0 fully saturated rings. The molecule has 2 N–H and O–H groups in total. The number of sulfonamides is 1. The number of hydrogen-bond acceptors (Lipinski definition) is 4. The number of nitrogens with one attached hydrogen (secondary N) is 2. The van der Waals surface area contributed by atoms with Crippen LogP contribution in [-0.2, 0) is 23.1 Å². The fraction of sp³-hybridized carbons (Fsp3) is 0.381. The van der Waals surface area contributed by atoms with Crippen molar-refractivity contribution in [3.8, 4) is 0 Å². The number of aliphatic imine (C=N–C) groups is 1. The van der Waals surface area contributed by atoms with Gasteiger partial charge >= 0.3 is 0 Å². The van der Waals surface area contributed by atoms with Crippen LogP contribution in [0, 0.1) is 0 Å². The highest BCUT2D eigenvalue weighted by molar-refractivity contribution is 14.0. The number of fused-ring (bicyclic) bond motifs is 1. The Balaban J connectivity index is 0.00000341. The van der Waals surface area contributed by atoms with E-state index in [0.29, 0.717) is 10.8 Å². The van der Waals surface area contributed by atoms with Crippen molar-refractivity contribution in [2.24, 2.45) is 4.99 Å². The first-order valence-corrected chi connectivity index (χ1v) is 12.2. The average Bonchev–Trinajstić information content (AvgIpc) is 3.37. The lowest BCUT2D eigenvalue weighted by Crippen LogP contribution is -2.38. The van der Waals surface area contributed by atoms with E-state index in [1.165, 1.54) is 40.6 Å². The highest BCUT2D eigenvalue weighted by Crippen LogP contribution is 2.24. The molecule has 3 rings (SSSR count). The Kier molecular flexibility index (Phi) is 9.79. The zero-order chi connectivity index (χ0) is 21.6. The van der Waals surface area contributed by atoms with E-state index < -0.39 is 10.0 Å². The van der Waals surface area contributed by atoms with E-state index >= 15 is 0 Å². The predicted molar refractivity (Wildman–Crippen MR) is 140 cm³/mol. The molecule has 0 amide bonds. The molecular weight excluding hydrogens is 545 g/mol. The smallest absolute Gasteiger partial charge is 0.252 e. The first-order chi connectivity index (χ1) is 14.4. The molecule has 2 aromatic heterocycles. The number of benzene rings is 1. The van der Waals surface area contributed by atoms with E-state index in [-0.39, 0.29) is 24.0 Å². The van der Waals surface area contributed by atoms with Crippen molar-refractivity contribution in [2.75, 3.05) is 27.2 Å². The molecule has 0 atom stereocenters. The molecule has 0 bridgehead atoms. The molecule has 0 spiro atoms. The van der Waals surface area contributed by atoms with Crippen LogP contribution in [0.1, 0.15) is 18.2 Å². The summed E-state index contributed by atoms with van der Waals surface area (Å²) in [6, 6.07) is 14.0. The second-order valence-electron chi connectivity index (χ2n) is 7.05. The van der Waals surface area contributed by atoms with E-state index in [4.69, 9.17) is 0 Å². The summed E-state index contributed by atoms with van der Waals surface area (Å²) < 4.78 is 28.3. The Labute approximate surface area is 205 Å². The Bertz CT molecular complexity index is 1110. The van der Waals surface area contributed by atoms with Gasteiger partial charge < -0.3 is 15.2 Å². The molecule has 10 heteroatoms. The fourth-order valence-corrected chi connectivity index (χ4v) is 5.50. The highest BCUT2D eigenvalue weighted by Gasteiger charge is 2.19. The summed E-state index contributed by atoms with van der Waals surface area (Å²) in [4.78, 5) is 5.51. The van der Waals surface area contributed by atoms with Crippen molar-refractivity contribution < 1.29 is 8.42 Å². The SMILES string of the molecule is CCNC(=NCc1ccc(S(=O)(=O)N(C)C)s1)NCCCn1ccc2ccccc21.I. The Morgan fingerprint density at radius 1 is 1.13 bits per heavy atom. The van der Waals surface area contributed by atoms with Gasteiger partial charge in [-0.2, -0.15) is 0 Å². The normalized spacial score (nSPS) is 12.2. The molecule has 0 aliphatic heterocycles. The van der Waals surface area contributed by atoms with Crippen molar-refractivity contribution in [1.82, 2.24) is 19.5 Å². The van der Waals surface area contributed by atoms with Crippen LogP contribution in [0.2, 0.25) is 0 Å². The van der Waals surface area contributed by atoms with Gasteiger partial charge in [0.15, 0.2) is 5.96 Å². The zero-order valence-electron chi connectivity index (χ0n) is 18.0. The molecule has 0 unspecified atom stereocenters. The molecule has 7 nitrogen and oxygen atoms in total. The van der Waals surface area contributed by atoms with Crippen molar-refractivity contribution in [1.29, 1.82) is 0 Å². The standard InChI is InChI=1S/C21H29N5O2S2.HI/c1-4-22-21(24-16-18-10-11-20(29-18)30(27,28)25(2)3)23-13-7-14-26-15-12-17-8-5-6-9-19(17)26;/h5-6,8-12,15H,4,7,13-14,16H2,1-3H3,(H2,22,23,24);1H. The van der Waals surface area contributed by atoms with Gasteiger partial charge in [-0.15, -0.1) is 35.3 Å². The lowest BCUT2D eigenvalue weighted by molar-refractivity contribution is 0.523. The van der Waals surface area contributed by atoms with Gasteiger partial charge in [-0.25, -0.2) is 17.7 Å². The van der Waals surface area contributed by atoms with Crippen molar-refractivity contribution in [2.45, 2.75) is 30.6 Å². The molecule has 1 aromatic carbocycles. The third kappa shape index (κ3) is 6.67. The summed E-state index contributed by atoms with van der Waals surface area (Å²) >= 11 is 1.26. The molecule has 0 aliphatic carbocycles. The van der Waals surface area contributed by atoms with Gasteiger partial charge in [-0.3, -0.25) is 0 Å². The van der Waals surface area contributed by atoms with Gasteiger partial charge in [-0.1, -0.05) is 18.2 Å². The molecule has 2 heterocycles. The van der Waals surface area contributed by atoms with Gasteiger partial charge in [-0.05, 0) is 43.0 Å². The number of aryl methyl sites for hydroxylation is 1. The van der Waals surface area contributed by atoms with Crippen LogP contribution in [0.3, 0.4) is 0 Å². The van der Waals surface area contributed by atoms with Crippen LogP contribution in [0.15, 0.2) is 57.9 Å². The molecule has 3 aromatic rings. The van der Waals surface area contributed by atoms with Crippen molar-refractivity contribution in [3.05, 3.63) is 53.5 Å². The van der Waals surface area contributed by atoms with E-state index in [1.54, 1.807) is 6.07 Å². The van der Waals surface area contributed by atoms with Crippen LogP contribution in [-0.4, -0.2) is 50.4 Å². The van der Waals surface area contributed by atoms with Crippen LogP contribution >= 0.6 is 35.3 Å². The van der Waals surface area contributed by atoms with Crippen LogP contribution in [0.25, 0.3) is 10.9 Å². The third-order valence-corrected chi connectivity index (χ3v) is 8.01. The van der Waals surface area contributed by atoms with Gasteiger partial charge in [0, 0.05) is 50.3 Å². The second kappa shape index (κ2) is 11.8. The molecule has 31 heavy (non-hydrogen) atoms. The van der Waals surface area contributed by atoms with Gasteiger partial charge in [0.05, 0.1) is 6.54 Å².